The van der Waals surface area contributed by atoms with Crippen LogP contribution in [-0.4, -0.2) is 0 Å². The van der Waals surface area contributed by atoms with Gasteiger partial charge < -0.3 is 0 Å². The first-order valence-corrected chi connectivity index (χ1v) is 6.96. The second-order valence-corrected chi connectivity index (χ2v) is 4.79. The van der Waals surface area contributed by atoms with Crippen molar-refractivity contribution in [3.63, 3.8) is 0 Å². The smallest absolute Gasteiger partial charge is 0.0351 e. The van der Waals surface area contributed by atoms with Crippen molar-refractivity contribution < 1.29 is 0 Å². The lowest BCUT2D eigenvalue weighted by molar-refractivity contribution is 0.452. The molecular formula is C15H30. The van der Waals surface area contributed by atoms with Gasteiger partial charge in [0.25, 0.3) is 0 Å². The first-order chi connectivity index (χ1) is 7.31. The van der Waals surface area contributed by atoms with Crippen LogP contribution in [0.2, 0.25) is 0 Å². The molecule has 0 aliphatic rings. The van der Waals surface area contributed by atoms with E-state index in [2.05, 4.69) is 32.9 Å². The summed E-state index contributed by atoms with van der Waals surface area (Å²) in [7, 11) is 0. The molecular weight excluding hydrogens is 180 g/mol. The van der Waals surface area contributed by atoms with Gasteiger partial charge in [0, 0.05) is 0 Å². The van der Waals surface area contributed by atoms with Crippen molar-refractivity contribution in [3.8, 4) is 0 Å². The Balaban J connectivity index is 3.19. The molecule has 0 amide bonds. The third kappa shape index (κ3) is 11.7. The van der Waals surface area contributed by atoms with Gasteiger partial charge in [-0.15, -0.1) is 0 Å². The molecule has 0 fully saturated rings. The lowest BCUT2D eigenvalue weighted by Gasteiger charge is -2.09. The number of hydrogen-bond donors (Lipinski definition) is 0. The molecule has 15 heavy (non-hydrogen) atoms. The van der Waals surface area contributed by atoms with Crippen LogP contribution < -0.4 is 0 Å². The topological polar surface area (TPSA) is 0 Å². The fourth-order valence-corrected chi connectivity index (χ4v) is 1.87. The zero-order chi connectivity index (χ0) is 11.4. The van der Waals surface area contributed by atoms with Crippen molar-refractivity contribution in [1.82, 2.24) is 0 Å². The van der Waals surface area contributed by atoms with Gasteiger partial charge in [0.15, 0.2) is 0 Å². The van der Waals surface area contributed by atoms with E-state index in [1.54, 1.807) is 0 Å². The summed E-state index contributed by atoms with van der Waals surface area (Å²) in [6.45, 7) is 6.93. The quantitative estimate of drug-likeness (QED) is 0.319. The Morgan fingerprint density at radius 2 is 1.47 bits per heavy atom. The molecule has 0 rings (SSSR count). The molecule has 0 N–H and O–H groups in total. The van der Waals surface area contributed by atoms with Crippen LogP contribution in [0.3, 0.4) is 0 Å². The van der Waals surface area contributed by atoms with Crippen LogP contribution in [-0.2, 0) is 0 Å². The van der Waals surface area contributed by atoms with Gasteiger partial charge in [-0.05, 0) is 25.2 Å². The molecule has 1 atom stereocenters. The molecule has 0 aliphatic heterocycles. The van der Waals surface area contributed by atoms with E-state index >= 15 is 0 Å². The molecule has 0 spiro atoms. The molecule has 0 aliphatic carbocycles. The van der Waals surface area contributed by atoms with Crippen molar-refractivity contribution in [3.05, 3.63) is 12.2 Å². The summed E-state index contributed by atoms with van der Waals surface area (Å²) < 4.78 is 0. The van der Waals surface area contributed by atoms with Crippen molar-refractivity contribution in [2.75, 3.05) is 0 Å². The Morgan fingerprint density at radius 1 is 0.800 bits per heavy atom. The maximum atomic E-state index is 2.41. The lowest BCUT2D eigenvalue weighted by Crippen LogP contribution is -1.94. The molecule has 0 saturated carbocycles. The highest BCUT2D eigenvalue weighted by Gasteiger charge is 2.00. The van der Waals surface area contributed by atoms with Gasteiger partial charge >= 0.3 is 0 Å². The van der Waals surface area contributed by atoms with Crippen LogP contribution in [0.25, 0.3) is 0 Å². The predicted octanol–water partition coefficient (Wildman–Crippen LogP) is 5.73. The van der Waals surface area contributed by atoms with Gasteiger partial charge in [0.05, 0.1) is 0 Å². The third-order valence-electron chi connectivity index (χ3n) is 2.99. The Kier molecular flexibility index (Phi) is 11.6. The second-order valence-electron chi connectivity index (χ2n) is 4.79. The molecule has 0 heterocycles. The van der Waals surface area contributed by atoms with E-state index in [-0.39, 0.29) is 0 Å². The number of unbranched alkanes of at least 4 members (excludes halogenated alkanes) is 4. The number of rotatable bonds is 10. The maximum Gasteiger partial charge on any atom is -0.0351 e. The summed E-state index contributed by atoms with van der Waals surface area (Å²) in [5.74, 6) is 0.941. The average Bonchev–Trinajstić information content (AvgIpc) is 2.23. The van der Waals surface area contributed by atoms with E-state index in [4.69, 9.17) is 0 Å². The number of hydrogen-bond acceptors (Lipinski definition) is 0. The summed E-state index contributed by atoms with van der Waals surface area (Å²) in [4.78, 5) is 0. The van der Waals surface area contributed by atoms with E-state index in [1.165, 1.54) is 57.8 Å². The Bertz CT molecular complexity index is 135. The molecule has 0 nitrogen and oxygen atoms in total. The minimum Gasteiger partial charge on any atom is -0.0885 e. The standard InChI is InChI=1S/C15H30/c1-4-6-8-9-10-12-14-15(3)13-11-7-5-2/h8-9,15H,4-7,10-14H2,1-3H3. The molecule has 0 heteroatoms. The van der Waals surface area contributed by atoms with Gasteiger partial charge in [0.1, 0.15) is 0 Å². The molecule has 0 bridgehead atoms. The van der Waals surface area contributed by atoms with Gasteiger partial charge in [-0.3, -0.25) is 0 Å². The molecule has 1 unspecified atom stereocenters. The van der Waals surface area contributed by atoms with Crippen LogP contribution in [0.4, 0.5) is 0 Å². The van der Waals surface area contributed by atoms with Crippen LogP contribution in [0.5, 0.6) is 0 Å². The minimum atomic E-state index is 0.941. The normalized spacial score (nSPS) is 13.5. The Labute approximate surface area is 97.2 Å². The Hall–Kier alpha value is -0.260. The van der Waals surface area contributed by atoms with E-state index in [9.17, 15) is 0 Å². The van der Waals surface area contributed by atoms with E-state index in [1.807, 2.05) is 0 Å². The summed E-state index contributed by atoms with van der Waals surface area (Å²) >= 11 is 0. The van der Waals surface area contributed by atoms with Crippen LogP contribution >= 0.6 is 0 Å². The number of allylic oxidation sites excluding steroid dienone is 2. The lowest BCUT2D eigenvalue weighted by atomic mass is 9.97. The van der Waals surface area contributed by atoms with Crippen molar-refractivity contribution in [1.29, 1.82) is 0 Å². The SMILES string of the molecule is CCCC=CCCCC(C)CCCCC. The highest BCUT2D eigenvalue weighted by molar-refractivity contribution is 4.80. The monoisotopic (exact) mass is 210 g/mol. The minimum absolute atomic E-state index is 0.941. The van der Waals surface area contributed by atoms with Crippen LogP contribution in [0.15, 0.2) is 12.2 Å². The zero-order valence-electron chi connectivity index (χ0n) is 11.1. The van der Waals surface area contributed by atoms with Gasteiger partial charge in [-0.1, -0.05) is 71.4 Å². The van der Waals surface area contributed by atoms with Gasteiger partial charge in [-0.25, -0.2) is 0 Å². The van der Waals surface area contributed by atoms with E-state index < -0.39 is 0 Å². The van der Waals surface area contributed by atoms with E-state index in [0.29, 0.717) is 0 Å². The van der Waals surface area contributed by atoms with Gasteiger partial charge in [-0.2, -0.15) is 0 Å². The molecule has 0 aromatic heterocycles. The molecule has 0 saturated heterocycles. The second kappa shape index (κ2) is 11.8. The first-order valence-electron chi connectivity index (χ1n) is 6.96. The maximum absolute atomic E-state index is 2.41. The Morgan fingerprint density at radius 3 is 2.13 bits per heavy atom. The van der Waals surface area contributed by atoms with Crippen molar-refractivity contribution in [2.45, 2.75) is 78.6 Å². The largest absolute Gasteiger partial charge is 0.0885 e. The summed E-state index contributed by atoms with van der Waals surface area (Å²) in [6, 6.07) is 0. The van der Waals surface area contributed by atoms with Crippen molar-refractivity contribution >= 4 is 0 Å². The first kappa shape index (κ1) is 14.7. The fraction of sp³-hybridized carbons (Fsp3) is 0.867. The van der Waals surface area contributed by atoms with Crippen LogP contribution in [0.1, 0.15) is 78.6 Å². The molecule has 90 valence electrons. The van der Waals surface area contributed by atoms with Crippen molar-refractivity contribution in [2.24, 2.45) is 5.92 Å². The van der Waals surface area contributed by atoms with Gasteiger partial charge in [0.2, 0.25) is 0 Å². The predicted molar refractivity (Wildman–Crippen MR) is 71.2 cm³/mol. The average molecular weight is 210 g/mol. The zero-order valence-corrected chi connectivity index (χ0v) is 11.1. The van der Waals surface area contributed by atoms with E-state index in [0.717, 1.165) is 5.92 Å². The third-order valence-corrected chi connectivity index (χ3v) is 2.99. The highest BCUT2D eigenvalue weighted by atomic mass is 14.1. The molecule has 0 aromatic carbocycles. The summed E-state index contributed by atoms with van der Waals surface area (Å²) in [6.07, 6.45) is 17.0. The fourth-order valence-electron chi connectivity index (χ4n) is 1.87. The molecule has 0 aromatic rings. The summed E-state index contributed by atoms with van der Waals surface area (Å²) in [5.41, 5.74) is 0. The molecule has 0 radical (unpaired) electrons. The van der Waals surface area contributed by atoms with Crippen LogP contribution in [0, 0.1) is 5.92 Å². The highest BCUT2D eigenvalue weighted by Crippen LogP contribution is 2.15. The summed E-state index contributed by atoms with van der Waals surface area (Å²) in [5, 5.41) is 0.